The quantitative estimate of drug-likeness (QED) is 0.765. The largest absolute Gasteiger partial charge is 0.477 e. The summed E-state index contributed by atoms with van der Waals surface area (Å²) in [4.78, 5) is 21.4. The molecule has 88 valence electrons. The lowest BCUT2D eigenvalue weighted by molar-refractivity contribution is -0.166. The molecule has 0 saturated carbocycles. The average Bonchev–Trinajstić information content (AvgIpc) is 2.59. The van der Waals surface area contributed by atoms with Crippen molar-refractivity contribution in [2.75, 3.05) is 7.11 Å². The van der Waals surface area contributed by atoms with Gasteiger partial charge in [-0.3, -0.25) is 4.68 Å². The van der Waals surface area contributed by atoms with E-state index in [1.165, 1.54) is 7.05 Å². The Morgan fingerprint density at radius 2 is 2.12 bits per heavy atom. The Morgan fingerprint density at radius 1 is 1.56 bits per heavy atom. The molecule has 1 N–H and O–H groups in total. The summed E-state index contributed by atoms with van der Waals surface area (Å²) in [6.45, 7) is 0. The molecule has 0 aliphatic heterocycles. The van der Waals surface area contributed by atoms with Crippen LogP contribution in [0.25, 0.3) is 0 Å². The summed E-state index contributed by atoms with van der Waals surface area (Å²) in [6.07, 6.45) is 0.764. The number of aryl methyl sites for hydroxylation is 1. The lowest BCUT2D eigenvalue weighted by atomic mass is 10.1. The molecule has 0 aliphatic rings. The molecule has 0 radical (unpaired) electrons. The lowest BCUT2D eigenvalue weighted by Crippen LogP contribution is -2.27. The first-order valence-corrected chi connectivity index (χ1v) is 4.04. The number of halogens is 2. The molecule has 0 unspecified atom stereocenters. The fourth-order valence-corrected chi connectivity index (χ4v) is 1.08. The van der Waals surface area contributed by atoms with Gasteiger partial charge in [-0.25, -0.2) is 9.59 Å². The summed E-state index contributed by atoms with van der Waals surface area (Å²) >= 11 is 0. The first kappa shape index (κ1) is 12.1. The second kappa shape index (κ2) is 3.87. The van der Waals surface area contributed by atoms with Gasteiger partial charge in [0.05, 0.1) is 12.7 Å². The molecule has 1 rings (SSSR count). The molecule has 0 aliphatic carbocycles. The Morgan fingerprint density at radius 3 is 2.56 bits per heavy atom. The average molecular weight is 234 g/mol. The number of methoxy groups -OCH3 is 1. The summed E-state index contributed by atoms with van der Waals surface area (Å²) in [6, 6.07) is 0. The van der Waals surface area contributed by atoms with Gasteiger partial charge < -0.3 is 9.84 Å². The van der Waals surface area contributed by atoms with Gasteiger partial charge in [-0.15, -0.1) is 0 Å². The van der Waals surface area contributed by atoms with E-state index < -0.39 is 29.1 Å². The topological polar surface area (TPSA) is 81.4 Å². The van der Waals surface area contributed by atoms with E-state index in [0.717, 1.165) is 18.0 Å². The number of carboxylic acid groups (broad SMARTS) is 1. The third-order valence-corrected chi connectivity index (χ3v) is 1.81. The van der Waals surface area contributed by atoms with Crippen LogP contribution in [0.4, 0.5) is 8.78 Å². The van der Waals surface area contributed by atoms with Gasteiger partial charge in [0.25, 0.3) is 0 Å². The molecule has 1 aromatic rings. The summed E-state index contributed by atoms with van der Waals surface area (Å²) in [5.74, 6) is -7.65. The number of carboxylic acids is 1. The molecule has 8 heteroatoms. The highest BCUT2D eigenvalue weighted by molar-refractivity contribution is 5.91. The summed E-state index contributed by atoms with van der Waals surface area (Å²) in [5.41, 5.74) is -1.70. The van der Waals surface area contributed by atoms with Crippen molar-refractivity contribution in [1.82, 2.24) is 9.78 Å². The van der Waals surface area contributed by atoms with Gasteiger partial charge in [0, 0.05) is 13.2 Å². The lowest BCUT2D eigenvalue weighted by Gasteiger charge is -2.09. The van der Waals surface area contributed by atoms with Crippen LogP contribution < -0.4 is 0 Å². The van der Waals surface area contributed by atoms with Gasteiger partial charge in [-0.1, -0.05) is 0 Å². The highest BCUT2D eigenvalue weighted by Gasteiger charge is 2.46. The van der Waals surface area contributed by atoms with Gasteiger partial charge in [0.15, 0.2) is 5.69 Å². The molecule has 1 aromatic heterocycles. The number of hydrogen-bond acceptors (Lipinski definition) is 4. The third kappa shape index (κ3) is 1.86. The van der Waals surface area contributed by atoms with Crippen LogP contribution in [-0.2, 0) is 22.5 Å². The van der Waals surface area contributed by atoms with Crippen LogP contribution >= 0.6 is 0 Å². The van der Waals surface area contributed by atoms with Crippen LogP contribution in [0.3, 0.4) is 0 Å². The normalized spacial score (nSPS) is 11.2. The second-order valence-corrected chi connectivity index (χ2v) is 2.94. The van der Waals surface area contributed by atoms with Crippen molar-refractivity contribution >= 4 is 11.9 Å². The van der Waals surface area contributed by atoms with Gasteiger partial charge in [0.2, 0.25) is 0 Å². The van der Waals surface area contributed by atoms with Gasteiger partial charge in [-0.2, -0.15) is 13.9 Å². The molecular formula is C8H8F2N2O4. The van der Waals surface area contributed by atoms with E-state index in [-0.39, 0.29) is 0 Å². The van der Waals surface area contributed by atoms with Crippen molar-refractivity contribution < 1.29 is 28.2 Å². The number of alkyl halides is 2. The summed E-state index contributed by atoms with van der Waals surface area (Å²) in [5, 5.41) is 11.8. The second-order valence-electron chi connectivity index (χ2n) is 2.94. The molecular weight excluding hydrogens is 226 g/mol. The Bertz CT molecular complexity index is 441. The van der Waals surface area contributed by atoms with E-state index in [4.69, 9.17) is 5.11 Å². The van der Waals surface area contributed by atoms with E-state index >= 15 is 0 Å². The smallest absolute Gasteiger partial charge is 0.379 e. The van der Waals surface area contributed by atoms with Crippen molar-refractivity contribution in [3.8, 4) is 0 Å². The predicted octanol–water partition coefficient (Wildman–Crippen LogP) is 0.383. The number of nitrogens with zero attached hydrogens (tertiary/aromatic N) is 2. The molecule has 0 bridgehead atoms. The van der Waals surface area contributed by atoms with Gasteiger partial charge in [0.1, 0.15) is 0 Å². The first-order valence-electron chi connectivity index (χ1n) is 4.04. The van der Waals surface area contributed by atoms with Crippen LogP contribution in [0.2, 0.25) is 0 Å². The van der Waals surface area contributed by atoms with Gasteiger partial charge >= 0.3 is 17.9 Å². The number of aromatic nitrogens is 2. The molecule has 1 heterocycles. The standard InChI is InChI=1S/C8H8F2N2O4/c1-12-3-4(8(9,10)7(14)15)5(11-12)6(13)16-2/h3H,1-2H3,(H,14,15). The fraction of sp³-hybridized carbons (Fsp3) is 0.375. The Hall–Kier alpha value is -1.99. The summed E-state index contributed by atoms with van der Waals surface area (Å²) < 4.78 is 31.5. The predicted molar refractivity (Wildman–Crippen MR) is 46.1 cm³/mol. The Kier molecular flexibility index (Phi) is 2.92. The van der Waals surface area contributed by atoms with E-state index in [2.05, 4.69) is 9.84 Å². The zero-order valence-corrected chi connectivity index (χ0v) is 8.40. The third-order valence-electron chi connectivity index (χ3n) is 1.81. The minimum atomic E-state index is -4.18. The number of hydrogen-bond donors (Lipinski definition) is 1. The van der Waals surface area contributed by atoms with Crippen LogP contribution in [0, 0.1) is 0 Å². The fourth-order valence-electron chi connectivity index (χ4n) is 1.08. The van der Waals surface area contributed by atoms with Crippen LogP contribution in [0.1, 0.15) is 16.1 Å². The number of esters is 1. The van der Waals surface area contributed by atoms with Gasteiger partial charge in [-0.05, 0) is 0 Å². The number of rotatable bonds is 3. The maximum Gasteiger partial charge on any atom is 0.379 e. The maximum absolute atomic E-state index is 13.2. The van der Waals surface area contributed by atoms with E-state index in [1.54, 1.807) is 0 Å². The monoisotopic (exact) mass is 234 g/mol. The SMILES string of the molecule is COC(=O)c1nn(C)cc1C(F)(F)C(=O)O. The highest BCUT2D eigenvalue weighted by Crippen LogP contribution is 2.30. The minimum absolute atomic E-state index is 0.711. The molecule has 6 nitrogen and oxygen atoms in total. The Labute approximate surface area is 88.4 Å². The van der Waals surface area contributed by atoms with Crippen LogP contribution in [0.5, 0.6) is 0 Å². The van der Waals surface area contributed by atoms with Crippen molar-refractivity contribution in [3.05, 3.63) is 17.5 Å². The molecule has 0 atom stereocenters. The zero-order chi connectivity index (χ0) is 12.5. The van der Waals surface area contributed by atoms with Crippen molar-refractivity contribution in [2.45, 2.75) is 5.92 Å². The number of carbonyl (C=O) groups excluding carboxylic acids is 1. The van der Waals surface area contributed by atoms with Crippen molar-refractivity contribution in [1.29, 1.82) is 0 Å². The zero-order valence-electron chi connectivity index (χ0n) is 8.40. The minimum Gasteiger partial charge on any atom is -0.477 e. The molecule has 16 heavy (non-hydrogen) atoms. The summed E-state index contributed by atoms with van der Waals surface area (Å²) in [7, 11) is 2.27. The first-order chi connectivity index (χ1) is 7.30. The van der Waals surface area contributed by atoms with Crippen molar-refractivity contribution in [3.63, 3.8) is 0 Å². The molecule has 0 aromatic carbocycles. The van der Waals surface area contributed by atoms with E-state index in [0.29, 0.717) is 0 Å². The maximum atomic E-state index is 13.2. The van der Waals surface area contributed by atoms with Crippen molar-refractivity contribution in [2.24, 2.45) is 7.05 Å². The van der Waals surface area contributed by atoms with Crippen LogP contribution in [0.15, 0.2) is 6.20 Å². The number of ether oxygens (including phenoxy) is 1. The number of aliphatic carboxylic acids is 1. The van der Waals surface area contributed by atoms with Crippen LogP contribution in [-0.4, -0.2) is 33.9 Å². The molecule has 0 saturated heterocycles. The Balaban J connectivity index is 3.33. The van der Waals surface area contributed by atoms with E-state index in [9.17, 15) is 18.4 Å². The molecule has 0 amide bonds. The molecule has 0 spiro atoms. The highest BCUT2D eigenvalue weighted by atomic mass is 19.3. The number of carbonyl (C=O) groups is 2. The molecule has 0 fully saturated rings. The van der Waals surface area contributed by atoms with E-state index in [1.807, 2.05) is 0 Å².